The summed E-state index contributed by atoms with van der Waals surface area (Å²) in [5, 5.41) is 0. The van der Waals surface area contributed by atoms with Crippen molar-refractivity contribution in [1.29, 1.82) is 0 Å². The van der Waals surface area contributed by atoms with E-state index >= 15 is 0 Å². The monoisotopic (exact) mass is 548 g/mol. The van der Waals surface area contributed by atoms with Crippen molar-refractivity contribution in [3.63, 3.8) is 0 Å². The predicted molar refractivity (Wildman–Crippen MR) is 116 cm³/mol. The average molecular weight is 551 g/mol. The molecule has 0 spiro atoms. The van der Waals surface area contributed by atoms with Gasteiger partial charge in [-0.25, -0.2) is 0 Å². The fraction of sp³-hybridized carbons (Fsp3) is 0.636. The SMILES string of the molecule is CC1C2=CC[C](=C2CCO[Si](C)(C)C)[Zr+2][C]2=C(CCO[Si](C)(C)C)C1=CC2.[Cl-].[Cl-]. The molecule has 1 aliphatic heterocycles. The minimum absolute atomic E-state index is 0. The Morgan fingerprint density at radius 1 is 0.793 bits per heavy atom. The van der Waals surface area contributed by atoms with Gasteiger partial charge in [0.05, 0.1) is 0 Å². The Morgan fingerprint density at radius 2 is 1.17 bits per heavy atom. The maximum absolute atomic E-state index is 6.20. The largest absolute Gasteiger partial charge is 1.00 e. The zero-order valence-corrected chi connectivity index (χ0v) is 25.0. The number of fused-ring (bicyclic) bond motifs is 2. The van der Waals surface area contributed by atoms with Crippen LogP contribution < -0.4 is 24.8 Å². The minimum Gasteiger partial charge on any atom is -1.00 e. The molecule has 4 bridgehead atoms. The molecule has 0 atom stereocenters. The van der Waals surface area contributed by atoms with E-state index in [1.165, 1.54) is 12.8 Å². The van der Waals surface area contributed by atoms with Gasteiger partial charge >= 0.3 is 181 Å². The smallest absolute Gasteiger partial charge is 1.00 e. The molecule has 1 heterocycles. The van der Waals surface area contributed by atoms with Crippen molar-refractivity contribution in [2.75, 3.05) is 13.2 Å². The van der Waals surface area contributed by atoms with Gasteiger partial charge in [0, 0.05) is 0 Å². The maximum atomic E-state index is 6.20. The molecular formula is C22H36Cl2O2Si2Zr. The Balaban J connectivity index is 0.00000210. The van der Waals surface area contributed by atoms with Gasteiger partial charge in [0.15, 0.2) is 0 Å². The number of rotatable bonds is 8. The van der Waals surface area contributed by atoms with E-state index in [4.69, 9.17) is 8.85 Å². The summed E-state index contributed by atoms with van der Waals surface area (Å²) >= 11 is -0.643. The van der Waals surface area contributed by atoms with Crippen LogP contribution in [0.1, 0.15) is 32.6 Å². The molecule has 0 aromatic carbocycles. The van der Waals surface area contributed by atoms with Gasteiger partial charge in [0.1, 0.15) is 0 Å². The van der Waals surface area contributed by atoms with Crippen molar-refractivity contribution in [3.8, 4) is 0 Å². The van der Waals surface area contributed by atoms with Crippen LogP contribution in [0.4, 0.5) is 0 Å². The summed E-state index contributed by atoms with van der Waals surface area (Å²) < 4.78 is 16.0. The van der Waals surface area contributed by atoms with Gasteiger partial charge in [-0.1, -0.05) is 0 Å². The third-order valence-corrected chi connectivity index (χ3v) is 11.6. The summed E-state index contributed by atoms with van der Waals surface area (Å²) in [6.07, 6.45) is 9.80. The van der Waals surface area contributed by atoms with Crippen molar-refractivity contribution in [2.45, 2.75) is 71.9 Å². The molecule has 0 amide bonds. The fourth-order valence-electron chi connectivity index (χ4n) is 4.25. The van der Waals surface area contributed by atoms with E-state index in [9.17, 15) is 0 Å². The normalized spacial score (nSPS) is 18.9. The van der Waals surface area contributed by atoms with Crippen LogP contribution >= 0.6 is 0 Å². The molecule has 162 valence electrons. The number of hydrogen-bond donors (Lipinski definition) is 0. The van der Waals surface area contributed by atoms with Crippen LogP contribution in [0.2, 0.25) is 39.3 Å². The molecule has 0 saturated carbocycles. The molecule has 0 unspecified atom stereocenters. The van der Waals surface area contributed by atoms with Crippen molar-refractivity contribution in [1.82, 2.24) is 0 Å². The summed E-state index contributed by atoms with van der Waals surface area (Å²) in [5.74, 6) is 0.545. The van der Waals surface area contributed by atoms with Gasteiger partial charge < -0.3 is 24.8 Å². The average Bonchev–Trinajstić information content (AvgIpc) is 3.11. The van der Waals surface area contributed by atoms with Gasteiger partial charge in [0.25, 0.3) is 0 Å². The molecule has 3 aliphatic rings. The Morgan fingerprint density at radius 3 is 1.52 bits per heavy atom. The molecule has 2 nitrogen and oxygen atoms in total. The number of allylic oxidation sites excluding steroid dienone is 6. The first kappa shape index (κ1) is 27.8. The molecule has 0 aromatic heterocycles. The van der Waals surface area contributed by atoms with E-state index in [2.05, 4.69) is 58.4 Å². The second-order valence-electron chi connectivity index (χ2n) is 9.91. The molecule has 0 N–H and O–H groups in total. The van der Waals surface area contributed by atoms with Crippen LogP contribution in [0.5, 0.6) is 0 Å². The van der Waals surface area contributed by atoms with Crippen molar-refractivity contribution in [3.05, 3.63) is 41.0 Å². The molecule has 3 rings (SSSR count). The molecule has 0 saturated heterocycles. The van der Waals surface area contributed by atoms with Crippen molar-refractivity contribution < 1.29 is 56.9 Å². The summed E-state index contributed by atoms with van der Waals surface area (Å²) in [7, 11) is -2.84. The van der Waals surface area contributed by atoms with Crippen LogP contribution in [0.15, 0.2) is 41.0 Å². The summed E-state index contributed by atoms with van der Waals surface area (Å²) in [6, 6.07) is 0. The molecule has 7 heteroatoms. The fourth-order valence-corrected chi connectivity index (χ4v) is 9.65. The Labute approximate surface area is 204 Å². The van der Waals surface area contributed by atoms with Crippen LogP contribution in [0, 0.1) is 5.92 Å². The zero-order chi connectivity index (χ0) is 19.8. The third-order valence-electron chi connectivity index (χ3n) is 5.49. The molecule has 0 radical (unpaired) electrons. The summed E-state index contributed by atoms with van der Waals surface area (Å²) in [5.41, 5.74) is 6.63. The number of halogens is 2. The first-order chi connectivity index (χ1) is 12.6. The molecule has 2 aliphatic carbocycles. The standard InChI is InChI=1S/C22H36O2Si2.2ClH.Zr/c1-18(21-12-8-10-19(21)14-16-23-25(2,3)4)22-13-9-11-20(22)15-17-24-26(5,6)7;;;/h12-13,18H,8-9,14-17H2,1-7H3;2*1H;/q;;;+2/p-2. The van der Waals surface area contributed by atoms with Gasteiger partial charge in [-0.2, -0.15) is 0 Å². The minimum atomic E-state index is -1.42. The molecule has 0 aromatic rings. The van der Waals surface area contributed by atoms with Gasteiger partial charge in [-0.15, -0.1) is 0 Å². The first-order valence-corrected chi connectivity index (χ1v) is 19.7. The van der Waals surface area contributed by atoms with E-state index in [0.717, 1.165) is 26.1 Å². The second kappa shape index (κ2) is 11.1. The Kier molecular flexibility index (Phi) is 10.6. The van der Waals surface area contributed by atoms with Crippen LogP contribution in [-0.2, 0) is 32.1 Å². The van der Waals surface area contributed by atoms with Gasteiger partial charge in [-0.3, -0.25) is 0 Å². The quantitative estimate of drug-likeness (QED) is 0.407. The van der Waals surface area contributed by atoms with Crippen LogP contribution in [0.3, 0.4) is 0 Å². The zero-order valence-electron chi connectivity index (χ0n) is 19.0. The van der Waals surface area contributed by atoms with E-state index in [-0.39, 0.29) is 24.8 Å². The molecule has 0 fully saturated rings. The van der Waals surface area contributed by atoms with E-state index < -0.39 is 39.9 Å². The Hall–Kier alpha value is 0.777. The topological polar surface area (TPSA) is 18.5 Å². The van der Waals surface area contributed by atoms with E-state index in [1.807, 2.05) is 6.56 Å². The van der Waals surface area contributed by atoms with Crippen LogP contribution in [-0.4, -0.2) is 29.8 Å². The number of hydrogen-bond acceptors (Lipinski definition) is 2. The molecular weight excluding hydrogens is 515 g/mol. The van der Waals surface area contributed by atoms with E-state index in [0.29, 0.717) is 5.92 Å². The van der Waals surface area contributed by atoms with E-state index in [1.54, 1.807) is 22.3 Å². The summed E-state index contributed by atoms with van der Waals surface area (Å²) in [6.45, 7) is 18.0. The third kappa shape index (κ3) is 7.41. The van der Waals surface area contributed by atoms with Gasteiger partial charge in [0.2, 0.25) is 0 Å². The molecule has 29 heavy (non-hydrogen) atoms. The maximum Gasteiger partial charge on any atom is -1.00 e. The van der Waals surface area contributed by atoms with Gasteiger partial charge in [-0.05, 0) is 0 Å². The summed E-state index contributed by atoms with van der Waals surface area (Å²) in [4.78, 5) is 0. The predicted octanol–water partition coefficient (Wildman–Crippen LogP) is 0.378. The Bertz CT molecular complexity index is 668. The second-order valence-corrected chi connectivity index (χ2v) is 22.5. The van der Waals surface area contributed by atoms with Crippen LogP contribution in [0.25, 0.3) is 0 Å². The van der Waals surface area contributed by atoms with Crippen molar-refractivity contribution >= 4 is 16.6 Å². The van der Waals surface area contributed by atoms with Crippen molar-refractivity contribution in [2.24, 2.45) is 5.92 Å². The first-order valence-electron chi connectivity index (χ1n) is 10.4.